The molecule has 0 bridgehead atoms. The van der Waals surface area contributed by atoms with E-state index >= 15 is 0 Å². The van der Waals surface area contributed by atoms with E-state index in [0.717, 1.165) is 11.3 Å². The number of piperidine rings is 1. The Labute approximate surface area is 176 Å². The van der Waals surface area contributed by atoms with Crippen LogP contribution in [-0.2, 0) is 22.6 Å². The van der Waals surface area contributed by atoms with Crippen molar-refractivity contribution in [2.75, 3.05) is 26.3 Å². The molecule has 1 aromatic heterocycles. The highest BCUT2D eigenvalue weighted by Crippen LogP contribution is 2.32. The maximum atomic E-state index is 13.5. The number of rotatable bonds is 6. The molecule has 0 unspecified atom stereocenters. The van der Waals surface area contributed by atoms with Crippen LogP contribution in [0.2, 0.25) is 0 Å². The molecule has 1 spiro atoms. The van der Waals surface area contributed by atoms with Crippen LogP contribution in [0.5, 0.6) is 0 Å². The quantitative estimate of drug-likeness (QED) is 0.717. The van der Waals surface area contributed by atoms with Crippen molar-refractivity contribution in [3.8, 4) is 0 Å². The van der Waals surface area contributed by atoms with E-state index in [1.807, 2.05) is 12.1 Å². The molecule has 0 atom stereocenters. The Hall–Kier alpha value is -2.22. The molecular formula is C23H29FN2O4. The minimum atomic E-state index is -0.500. The summed E-state index contributed by atoms with van der Waals surface area (Å²) in [6.07, 6.45) is 1.36. The number of hydrogen-bond acceptors (Lipinski definition) is 5. The van der Waals surface area contributed by atoms with Gasteiger partial charge in [-0.05, 0) is 43.7 Å². The minimum Gasteiger partial charge on any atom is -0.455 e. The van der Waals surface area contributed by atoms with E-state index in [-0.39, 0.29) is 17.8 Å². The highest BCUT2D eigenvalue weighted by molar-refractivity contribution is 5.91. The summed E-state index contributed by atoms with van der Waals surface area (Å²) in [4.78, 5) is 16.8. The van der Waals surface area contributed by atoms with E-state index in [2.05, 4.69) is 18.7 Å². The lowest BCUT2D eigenvalue weighted by molar-refractivity contribution is -0.181. The van der Waals surface area contributed by atoms with Gasteiger partial charge >= 0.3 is 0 Å². The van der Waals surface area contributed by atoms with Gasteiger partial charge in [0.2, 0.25) is 0 Å². The van der Waals surface area contributed by atoms with E-state index in [0.29, 0.717) is 58.0 Å². The molecular weight excluding hydrogens is 387 g/mol. The second-order valence-corrected chi connectivity index (χ2v) is 8.29. The summed E-state index contributed by atoms with van der Waals surface area (Å²) in [5, 5.41) is 0. The largest absolute Gasteiger partial charge is 0.455 e. The lowest BCUT2D eigenvalue weighted by Gasteiger charge is -2.37. The van der Waals surface area contributed by atoms with E-state index in [1.54, 1.807) is 23.1 Å². The fourth-order valence-corrected chi connectivity index (χ4v) is 4.06. The molecule has 6 nitrogen and oxygen atoms in total. The average Bonchev–Trinajstić information content (AvgIpc) is 3.38. The Morgan fingerprint density at radius 2 is 1.87 bits per heavy atom. The molecule has 0 saturated carbocycles. The SMILES string of the molecule is CC(C)N(Cc1cccc(F)c1)Cc1ccc(C(=O)N2CCC3(CC2)OCCO3)o1. The maximum absolute atomic E-state index is 13.5. The molecule has 2 aromatic rings. The molecule has 3 heterocycles. The molecule has 1 amide bonds. The molecule has 30 heavy (non-hydrogen) atoms. The summed E-state index contributed by atoms with van der Waals surface area (Å²) in [7, 11) is 0. The monoisotopic (exact) mass is 416 g/mol. The predicted molar refractivity (Wildman–Crippen MR) is 109 cm³/mol. The third kappa shape index (κ3) is 4.74. The van der Waals surface area contributed by atoms with Gasteiger partial charge in [-0.1, -0.05) is 12.1 Å². The molecule has 2 fully saturated rings. The predicted octanol–water partition coefficient (Wildman–Crippen LogP) is 3.81. The van der Waals surface area contributed by atoms with Gasteiger partial charge in [-0.3, -0.25) is 9.69 Å². The van der Waals surface area contributed by atoms with Gasteiger partial charge in [0.1, 0.15) is 11.6 Å². The highest BCUT2D eigenvalue weighted by Gasteiger charge is 2.41. The van der Waals surface area contributed by atoms with Crippen LogP contribution in [-0.4, -0.2) is 53.8 Å². The van der Waals surface area contributed by atoms with Crippen LogP contribution in [0.1, 0.15) is 48.6 Å². The highest BCUT2D eigenvalue weighted by atomic mass is 19.1. The second-order valence-electron chi connectivity index (χ2n) is 8.29. The first-order valence-electron chi connectivity index (χ1n) is 10.6. The summed E-state index contributed by atoms with van der Waals surface area (Å²) >= 11 is 0. The Balaban J connectivity index is 1.37. The van der Waals surface area contributed by atoms with Crippen molar-refractivity contribution in [3.05, 3.63) is 59.3 Å². The van der Waals surface area contributed by atoms with Crippen molar-refractivity contribution < 1.29 is 23.1 Å². The smallest absolute Gasteiger partial charge is 0.289 e. The van der Waals surface area contributed by atoms with Gasteiger partial charge < -0.3 is 18.8 Å². The number of carbonyl (C=O) groups is 1. The summed E-state index contributed by atoms with van der Waals surface area (Å²) in [6.45, 7) is 7.75. The van der Waals surface area contributed by atoms with Crippen LogP contribution in [0.3, 0.4) is 0 Å². The van der Waals surface area contributed by atoms with Gasteiger partial charge in [0.15, 0.2) is 11.5 Å². The Morgan fingerprint density at radius 1 is 1.13 bits per heavy atom. The topological polar surface area (TPSA) is 55.2 Å². The van der Waals surface area contributed by atoms with E-state index in [1.165, 1.54) is 6.07 Å². The Morgan fingerprint density at radius 3 is 2.53 bits per heavy atom. The number of ether oxygens (including phenoxy) is 2. The van der Waals surface area contributed by atoms with Gasteiger partial charge in [0.05, 0.1) is 19.8 Å². The standard InChI is InChI=1S/C23H29FN2O4/c1-17(2)26(15-18-4-3-5-19(24)14-18)16-20-6-7-21(30-20)22(27)25-10-8-23(9-11-25)28-12-13-29-23/h3-7,14,17H,8-13,15-16H2,1-2H3. The zero-order valence-electron chi connectivity index (χ0n) is 17.6. The number of benzene rings is 1. The Kier molecular flexibility index (Phi) is 6.22. The van der Waals surface area contributed by atoms with Crippen LogP contribution >= 0.6 is 0 Å². The number of hydrogen-bond donors (Lipinski definition) is 0. The van der Waals surface area contributed by atoms with E-state index in [4.69, 9.17) is 13.9 Å². The van der Waals surface area contributed by atoms with Gasteiger partial charge in [-0.15, -0.1) is 0 Å². The average molecular weight is 416 g/mol. The summed E-state index contributed by atoms with van der Waals surface area (Å²) in [5.74, 6) is 0.233. The normalized spacial score (nSPS) is 18.6. The fraction of sp³-hybridized carbons (Fsp3) is 0.522. The van der Waals surface area contributed by atoms with Crippen molar-refractivity contribution in [1.29, 1.82) is 0 Å². The Bertz CT molecular complexity index is 866. The molecule has 162 valence electrons. The lowest BCUT2D eigenvalue weighted by atomic mass is 10.0. The van der Waals surface area contributed by atoms with Crippen molar-refractivity contribution >= 4 is 5.91 Å². The van der Waals surface area contributed by atoms with E-state index in [9.17, 15) is 9.18 Å². The number of furan rings is 1. The maximum Gasteiger partial charge on any atom is 0.289 e. The zero-order valence-corrected chi connectivity index (χ0v) is 17.6. The molecule has 0 aliphatic carbocycles. The van der Waals surface area contributed by atoms with Crippen LogP contribution < -0.4 is 0 Å². The van der Waals surface area contributed by atoms with Crippen LogP contribution in [0.15, 0.2) is 40.8 Å². The third-order valence-electron chi connectivity index (χ3n) is 5.86. The summed E-state index contributed by atoms with van der Waals surface area (Å²) in [6, 6.07) is 10.5. The van der Waals surface area contributed by atoms with Crippen LogP contribution in [0, 0.1) is 5.82 Å². The molecule has 2 aliphatic rings. The molecule has 1 aromatic carbocycles. The van der Waals surface area contributed by atoms with Crippen molar-refractivity contribution in [3.63, 3.8) is 0 Å². The fourth-order valence-electron chi connectivity index (χ4n) is 4.06. The molecule has 0 radical (unpaired) electrons. The first-order chi connectivity index (χ1) is 14.4. The lowest BCUT2D eigenvalue weighted by Crippen LogP contribution is -2.47. The van der Waals surface area contributed by atoms with Crippen LogP contribution in [0.4, 0.5) is 4.39 Å². The van der Waals surface area contributed by atoms with Gasteiger partial charge in [0, 0.05) is 38.5 Å². The molecule has 2 saturated heterocycles. The summed E-state index contributed by atoms with van der Waals surface area (Å²) in [5.41, 5.74) is 0.908. The minimum absolute atomic E-state index is 0.102. The van der Waals surface area contributed by atoms with E-state index < -0.39 is 5.79 Å². The molecule has 0 N–H and O–H groups in total. The first-order valence-corrected chi connectivity index (χ1v) is 10.6. The third-order valence-corrected chi connectivity index (χ3v) is 5.86. The zero-order chi connectivity index (χ0) is 21.1. The second kappa shape index (κ2) is 8.88. The number of amides is 1. The molecule has 2 aliphatic heterocycles. The molecule has 7 heteroatoms. The van der Waals surface area contributed by atoms with Crippen molar-refractivity contribution in [1.82, 2.24) is 9.80 Å². The van der Waals surface area contributed by atoms with Gasteiger partial charge in [-0.2, -0.15) is 0 Å². The number of carbonyl (C=O) groups excluding carboxylic acids is 1. The number of halogens is 1. The van der Waals surface area contributed by atoms with Crippen molar-refractivity contribution in [2.45, 2.75) is 51.6 Å². The van der Waals surface area contributed by atoms with Gasteiger partial charge in [0.25, 0.3) is 5.91 Å². The number of likely N-dealkylation sites (tertiary alicyclic amines) is 1. The first kappa shape index (κ1) is 21.0. The number of nitrogens with zero attached hydrogens (tertiary/aromatic N) is 2. The van der Waals surface area contributed by atoms with Crippen LogP contribution in [0.25, 0.3) is 0 Å². The summed E-state index contributed by atoms with van der Waals surface area (Å²) < 4.78 is 30.9. The molecule has 4 rings (SSSR count). The van der Waals surface area contributed by atoms with Crippen molar-refractivity contribution in [2.24, 2.45) is 0 Å². The van der Waals surface area contributed by atoms with Gasteiger partial charge in [-0.25, -0.2) is 4.39 Å².